The number of aryl methyl sites for hydroxylation is 1. The Labute approximate surface area is 156 Å². The molecule has 0 fully saturated rings. The predicted octanol–water partition coefficient (Wildman–Crippen LogP) is 0.994. The van der Waals surface area contributed by atoms with E-state index < -0.39 is 11.9 Å². The second-order valence-corrected chi connectivity index (χ2v) is 6.17. The fourth-order valence-electron chi connectivity index (χ4n) is 3.19. The minimum atomic E-state index is -0.547. The Hall–Kier alpha value is -3.07. The molecule has 4 N–H and O–H groups in total. The van der Waals surface area contributed by atoms with Gasteiger partial charge in [0.2, 0.25) is 11.9 Å². The van der Waals surface area contributed by atoms with E-state index in [-0.39, 0.29) is 6.61 Å². The van der Waals surface area contributed by atoms with Crippen molar-refractivity contribution in [2.24, 2.45) is 5.73 Å². The van der Waals surface area contributed by atoms with Crippen molar-refractivity contribution in [3.8, 4) is 11.5 Å². The Morgan fingerprint density at radius 3 is 2.70 bits per heavy atom. The molecule has 1 aliphatic rings. The number of carbonyl (C=O) groups is 1. The number of ether oxygens (including phenoxy) is 2. The lowest BCUT2D eigenvalue weighted by Crippen LogP contribution is -2.31. The Balaban J connectivity index is 2.13. The number of nitrogens with zero attached hydrogens (tertiary/aromatic N) is 3. The summed E-state index contributed by atoms with van der Waals surface area (Å²) in [5.74, 6) is 1.68. The molecule has 1 aromatic carbocycles. The van der Waals surface area contributed by atoms with Crippen LogP contribution in [-0.2, 0) is 11.2 Å². The molecule has 0 saturated carbocycles. The zero-order valence-electron chi connectivity index (χ0n) is 15.5. The average Bonchev–Trinajstić information content (AvgIpc) is 3.06. The highest BCUT2D eigenvalue weighted by Crippen LogP contribution is 2.38. The maximum Gasteiger partial charge on any atom is 0.248 e. The maximum atomic E-state index is 12.2. The van der Waals surface area contributed by atoms with E-state index in [1.165, 1.54) is 0 Å². The van der Waals surface area contributed by atoms with Crippen LogP contribution in [0.3, 0.4) is 0 Å². The van der Waals surface area contributed by atoms with Crippen molar-refractivity contribution in [1.82, 2.24) is 14.8 Å². The van der Waals surface area contributed by atoms with E-state index in [0.29, 0.717) is 47.4 Å². The standard InChI is InChI=1S/C18H23N5O4/c1-10-15(17(19)25)16(11-6-7-12(26-2)13(9-11)27-3)23-18(20-10)21-14(22-23)5-4-8-24/h6-7,9,16,24H,4-5,8H2,1-3H3,(H2,19,25)(H,20,21,22)/t16-/m1/s1. The summed E-state index contributed by atoms with van der Waals surface area (Å²) in [5, 5.41) is 16.7. The molecule has 3 rings (SSSR count). The Bertz CT molecular complexity index is 890. The van der Waals surface area contributed by atoms with E-state index in [0.717, 1.165) is 5.56 Å². The topological polar surface area (TPSA) is 125 Å². The number of aliphatic hydroxyl groups excluding tert-OH is 1. The number of rotatable bonds is 7. The zero-order valence-corrected chi connectivity index (χ0v) is 15.5. The number of hydrogen-bond donors (Lipinski definition) is 3. The first-order valence-electron chi connectivity index (χ1n) is 8.56. The van der Waals surface area contributed by atoms with E-state index in [2.05, 4.69) is 15.4 Å². The Kier molecular flexibility index (Phi) is 5.31. The van der Waals surface area contributed by atoms with Crippen LogP contribution in [0.15, 0.2) is 29.5 Å². The number of primary amides is 1. The highest BCUT2D eigenvalue weighted by Gasteiger charge is 2.33. The van der Waals surface area contributed by atoms with Gasteiger partial charge in [0.25, 0.3) is 0 Å². The van der Waals surface area contributed by atoms with Crippen LogP contribution in [-0.4, -0.2) is 46.6 Å². The number of allylic oxidation sites excluding steroid dienone is 1. The molecule has 1 aromatic heterocycles. The lowest BCUT2D eigenvalue weighted by atomic mass is 9.95. The molecule has 1 atom stereocenters. The minimum Gasteiger partial charge on any atom is -0.493 e. The summed E-state index contributed by atoms with van der Waals surface area (Å²) >= 11 is 0. The summed E-state index contributed by atoms with van der Waals surface area (Å²) in [7, 11) is 3.11. The van der Waals surface area contributed by atoms with Crippen LogP contribution in [0.5, 0.6) is 11.5 Å². The lowest BCUT2D eigenvalue weighted by molar-refractivity contribution is -0.115. The molecule has 0 spiro atoms. The highest BCUT2D eigenvalue weighted by atomic mass is 16.5. The largest absolute Gasteiger partial charge is 0.493 e. The number of amides is 1. The predicted molar refractivity (Wildman–Crippen MR) is 98.6 cm³/mol. The molecule has 2 heterocycles. The Morgan fingerprint density at radius 1 is 1.33 bits per heavy atom. The maximum absolute atomic E-state index is 12.2. The summed E-state index contributed by atoms with van der Waals surface area (Å²) in [6.07, 6.45) is 1.08. The number of nitrogens with two attached hydrogens (primary N) is 1. The van der Waals surface area contributed by atoms with Crippen LogP contribution in [0.4, 0.5) is 5.95 Å². The molecular weight excluding hydrogens is 350 g/mol. The van der Waals surface area contributed by atoms with Crippen molar-refractivity contribution in [2.75, 3.05) is 26.1 Å². The molecule has 0 radical (unpaired) electrons. The fourth-order valence-corrected chi connectivity index (χ4v) is 3.19. The van der Waals surface area contributed by atoms with Crippen LogP contribution < -0.4 is 20.5 Å². The van der Waals surface area contributed by atoms with Gasteiger partial charge >= 0.3 is 0 Å². The van der Waals surface area contributed by atoms with Gasteiger partial charge in [-0.05, 0) is 31.0 Å². The summed E-state index contributed by atoms with van der Waals surface area (Å²) < 4.78 is 12.3. The molecule has 27 heavy (non-hydrogen) atoms. The number of anilines is 1. The number of benzene rings is 1. The van der Waals surface area contributed by atoms with E-state index in [1.54, 1.807) is 38.0 Å². The monoisotopic (exact) mass is 373 g/mol. The van der Waals surface area contributed by atoms with Gasteiger partial charge in [0.05, 0.1) is 19.8 Å². The van der Waals surface area contributed by atoms with E-state index >= 15 is 0 Å². The van der Waals surface area contributed by atoms with Gasteiger partial charge in [0, 0.05) is 18.7 Å². The molecule has 0 aliphatic carbocycles. The van der Waals surface area contributed by atoms with E-state index in [1.807, 2.05) is 6.07 Å². The van der Waals surface area contributed by atoms with Crippen molar-refractivity contribution in [3.05, 3.63) is 40.9 Å². The number of aliphatic hydroxyl groups is 1. The number of carbonyl (C=O) groups excluding carboxylic acids is 1. The SMILES string of the molecule is COc1ccc([C@@H]2C(C(N)=O)=C(C)Nc3nc(CCCO)nn32)cc1OC. The molecular formula is C18H23N5O4. The zero-order chi connectivity index (χ0) is 19.6. The molecule has 144 valence electrons. The molecule has 9 heteroatoms. The third-order valence-electron chi connectivity index (χ3n) is 4.44. The van der Waals surface area contributed by atoms with Crippen LogP contribution in [0.25, 0.3) is 0 Å². The first-order chi connectivity index (χ1) is 13.0. The first kappa shape index (κ1) is 18.7. The summed E-state index contributed by atoms with van der Waals surface area (Å²) in [6, 6.07) is 4.86. The second-order valence-electron chi connectivity index (χ2n) is 6.17. The molecule has 9 nitrogen and oxygen atoms in total. The summed E-state index contributed by atoms with van der Waals surface area (Å²) in [6.45, 7) is 1.83. The molecule has 0 unspecified atom stereocenters. The van der Waals surface area contributed by atoms with Crippen LogP contribution >= 0.6 is 0 Å². The number of aromatic nitrogens is 3. The van der Waals surface area contributed by atoms with Gasteiger partial charge in [-0.1, -0.05) is 6.07 Å². The summed E-state index contributed by atoms with van der Waals surface area (Å²) in [4.78, 5) is 16.7. The van der Waals surface area contributed by atoms with Gasteiger partial charge in [-0.2, -0.15) is 10.1 Å². The molecule has 1 amide bonds. The molecule has 0 bridgehead atoms. The van der Waals surface area contributed by atoms with Crippen molar-refractivity contribution in [2.45, 2.75) is 25.8 Å². The van der Waals surface area contributed by atoms with Gasteiger partial charge in [0.1, 0.15) is 6.04 Å². The lowest BCUT2D eigenvalue weighted by Gasteiger charge is -2.28. The highest BCUT2D eigenvalue weighted by molar-refractivity contribution is 5.95. The first-order valence-corrected chi connectivity index (χ1v) is 8.56. The van der Waals surface area contributed by atoms with Crippen LogP contribution in [0.1, 0.15) is 30.8 Å². The number of hydrogen-bond acceptors (Lipinski definition) is 7. The quantitative estimate of drug-likeness (QED) is 0.661. The Morgan fingerprint density at radius 2 is 2.07 bits per heavy atom. The van der Waals surface area contributed by atoms with Gasteiger partial charge in [-0.15, -0.1) is 0 Å². The van der Waals surface area contributed by atoms with Crippen molar-refractivity contribution in [1.29, 1.82) is 0 Å². The van der Waals surface area contributed by atoms with Gasteiger partial charge in [0.15, 0.2) is 17.3 Å². The van der Waals surface area contributed by atoms with Gasteiger partial charge < -0.3 is 25.6 Å². The summed E-state index contributed by atoms with van der Waals surface area (Å²) in [5.41, 5.74) is 7.45. The smallest absolute Gasteiger partial charge is 0.248 e. The average molecular weight is 373 g/mol. The van der Waals surface area contributed by atoms with Crippen molar-refractivity contribution >= 4 is 11.9 Å². The molecule has 2 aromatic rings. The molecule has 1 aliphatic heterocycles. The second kappa shape index (κ2) is 7.67. The number of nitrogens with one attached hydrogen (secondary N) is 1. The third kappa shape index (κ3) is 3.45. The normalized spacial score (nSPS) is 15.9. The minimum absolute atomic E-state index is 0.0558. The van der Waals surface area contributed by atoms with Crippen LogP contribution in [0.2, 0.25) is 0 Å². The molecule has 0 saturated heterocycles. The van der Waals surface area contributed by atoms with Gasteiger partial charge in [-0.25, -0.2) is 4.68 Å². The van der Waals surface area contributed by atoms with E-state index in [4.69, 9.17) is 20.3 Å². The van der Waals surface area contributed by atoms with E-state index in [9.17, 15) is 4.79 Å². The van der Waals surface area contributed by atoms with Crippen molar-refractivity contribution < 1.29 is 19.4 Å². The third-order valence-corrected chi connectivity index (χ3v) is 4.44. The van der Waals surface area contributed by atoms with Crippen LogP contribution in [0, 0.1) is 0 Å². The fraction of sp³-hybridized carbons (Fsp3) is 0.389. The number of methoxy groups -OCH3 is 2. The van der Waals surface area contributed by atoms with Crippen molar-refractivity contribution in [3.63, 3.8) is 0 Å². The number of fused-ring (bicyclic) bond motifs is 1. The van der Waals surface area contributed by atoms with Gasteiger partial charge in [-0.3, -0.25) is 4.79 Å².